The van der Waals surface area contributed by atoms with Crippen LogP contribution in [0.25, 0.3) is 10.2 Å². The van der Waals surface area contributed by atoms with E-state index in [9.17, 15) is 32.3 Å². The van der Waals surface area contributed by atoms with Gasteiger partial charge in [-0.25, -0.2) is 14.2 Å². The van der Waals surface area contributed by atoms with Crippen molar-refractivity contribution in [2.45, 2.75) is 46.0 Å². The Morgan fingerprint density at radius 1 is 1.18 bits per heavy atom. The molecule has 0 amide bonds. The zero-order valence-electron chi connectivity index (χ0n) is 15.4. The number of hydrogen-bond acceptors (Lipinski definition) is 7. The SMILES string of the molecule is CCOC(=O)c1sc2[nH]c(=O)n(CC(=O)OC(C)(C)C)c(=O)c2c1C(F)(F)F. The lowest BCUT2D eigenvalue weighted by molar-refractivity contribution is -0.155. The minimum absolute atomic E-state index is 0.177. The summed E-state index contributed by atoms with van der Waals surface area (Å²) in [5.74, 6) is -2.25. The molecule has 0 spiro atoms. The van der Waals surface area contributed by atoms with Crippen LogP contribution in [-0.2, 0) is 27.0 Å². The fourth-order valence-electron chi connectivity index (χ4n) is 2.37. The first kappa shape index (κ1) is 21.7. The van der Waals surface area contributed by atoms with Gasteiger partial charge in [-0.05, 0) is 27.7 Å². The fraction of sp³-hybridized carbons (Fsp3) is 0.500. The van der Waals surface area contributed by atoms with E-state index in [0.29, 0.717) is 4.57 Å². The average Bonchev–Trinajstić information content (AvgIpc) is 2.89. The molecule has 0 saturated carbocycles. The molecule has 2 rings (SSSR count). The van der Waals surface area contributed by atoms with E-state index in [2.05, 4.69) is 9.72 Å². The van der Waals surface area contributed by atoms with Crippen molar-refractivity contribution in [1.29, 1.82) is 0 Å². The summed E-state index contributed by atoms with van der Waals surface area (Å²) in [5, 5.41) is -0.913. The Kier molecular flexibility index (Phi) is 5.74. The van der Waals surface area contributed by atoms with Gasteiger partial charge in [0.2, 0.25) is 0 Å². The van der Waals surface area contributed by atoms with E-state index in [4.69, 9.17) is 4.74 Å². The highest BCUT2D eigenvalue weighted by molar-refractivity contribution is 7.20. The number of thiophene rings is 1. The van der Waals surface area contributed by atoms with Crippen LogP contribution in [0.1, 0.15) is 42.9 Å². The van der Waals surface area contributed by atoms with E-state index in [1.807, 2.05) is 0 Å². The quantitative estimate of drug-likeness (QED) is 0.758. The van der Waals surface area contributed by atoms with Crippen LogP contribution in [0.5, 0.6) is 0 Å². The molecular weight excluding hydrogens is 405 g/mol. The van der Waals surface area contributed by atoms with Gasteiger partial charge in [0, 0.05) is 0 Å². The van der Waals surface area contributed by atoms with E-state index in [1.165, 1.54) is 6.92 Å². The third kappa shape index (κ3) is 4.43. The lowest BCUT2D eigenvalue weighted by atomic mass is 10.1. The van der Waals surface area contributed by atoms with Gasteiger partial charge in [0.15, 0.2) is 0 Å². The molecule has 0 unspecified atom stereocenters. The molecule has 0 aliphatic heterocycles. The molecular formula is C16H17F3N2O6S. The molecule has 2 aromatic rings. The molecule has 2 aromatic heterocycles. The molecule has 0 aliphatic rings. The van der Waals surface area contributed by atoms with Crippen molar-refractivity contribution in [2.75, 3.05) is 6.61 Å². The highest BCUT2D eigenvalue weighted by Gasteiger charge is 2.41. The number of hydrogen-bond donors (Lipinski definition) is 1. The van der Waals surface area contributed by atoms with Crippen molar-refractivity contribution in [3.05, 3.63) is 31.3 Å². The van der Waals surface area contributed by atoms with Crippen LogP contribution < -0.4 is 11.2 Å². The summed E-state index contributed by atoms with van der Waals surface area (Å²) in [4.78, 5) is 49.4. The van der Waals surface area contributed by atoms with E-state index in [0.717, 1.165) is 0 Å². The third-order valence-electron chi connectivity index (χ3n) is 3.28. The Morgan fingerprint density at radius 3 is 2.29 bits per heavy atom. The van der Waals surface area contributed by atoms with Crippen LogP contribution in [-0.4, -0.2) is 33.7 Å². The number of nitrogens with one attached hydrogen (secondary N) is 1. The smallest absolute Gasteiger partial charge is 0.418 e. The number of ether oxygens (including phenoxy) is 2. The first-order chi connectivity index (χ1) is 12.8. The zero-order valence-corrected chi connectivity index (χ0v) is 16.2. The number of alkyl halides is 3. The molecule has 0 fully saturated rings. The highest BCUT2D eigenvalue weighted by atomic mass is 32.1. The summed E-state index contributed by atoms with van der Waals surface area (Å²) in [6.45, 7) is 5.00. The summed E-state index contributed by atoms with van der Waals surface area (Å²) in [6.07, 6.45) is -5.07. The molecule has 0 aromatic carbocycles. The predicted octanol–water partition coefficient (Wildman–Crippen LogP) is 2.29. The Bertz CT molecular complexity index is 1040. The lowest BCUT2D eigenvalue weighted by Gasteiger charge is -2.19. The second kappa shape index (κ2) is 7.41. The number of carbonyl (C=O) groups excluding carboxylic acids is 2. The van der Waals surface area contributed by atoms with Gasteiger partial charge >= 0.3 is 23.8 Å². The van der Waals surface area contributed by atoms with Crippen molar-refractivity contribution >= 4 is 33.5 Å². The predicted molar refractivity (Wildman–Crippen MR) is 93.5 cm³/mol. The molecule has 2 heterocycles. The Labute approximate surface area is 159 Å². The van der Waals surface area contributed by atoms with Crippen molar-refractivity contribution in [3.63, 3.8) is 0 Å². The molecule has 0 radical (unpaired) electrons. The lowest BCUT2D eigenvalue weighted by Crippen LogP contribution is -2.39. The van der Waals surface area contributed by atoms with Gasteiger partial charge in [-0.3, -0.25) is 14.6 Å². The number of H-pyrrole nitrogens is 1. The van der Waals surface area contributed by atoms with Gasteiger partial charge in [-0.15, -0.1) is 11.3 Å². The minimum Gasteiger partial charge on any atom is -0.462 e. The van der Waals surface area contributed by atoms with Crippen molar-refractivity contribution in [2.24, 2.45) is 0 Å². The van der Waals surface area contributed by atoms with Crippen molar-refractivity contribution in [1.82, 2.24) is 9.55 Å². The second-order valence-corrected chi connectivity index (χ2v) is 7.66. The van der Waals surface area contributed by atoms with E-state index >= 15 is 0 Å². The van der Waals surface area contributed by atoms with Crippen molar-refractivity contribution < 1.29 is 32.2 Å². The number of carbonyl (C=O) groups is 2. The number of halogens is 3. The number of esters is 2. The Morgan fingerprint density at radius 2 is 1.79 bits per heavy atom. The first-order valence-corrected chi connectivity index (χ1v) is 8.83. The van der Waals surface area contributed by atoms with E-state index in [-0.39, 0.29) is 17.9 Å². The van der Waals surface area contributed by atoms with Gasteiger partial charge in [0.05, 0.1) is 17.6 Å². The highest BCUT2D eigenvalue weighted by Crippen LogP contribution is 2.40. The molecule has 0 bridgehead atoms. The van der Waals surface area contributed by atoms with Crippen LogP contribution in [0.2, 0.25) is 0 Å². The standard InChI is InChI=1S/C16H17F3N2O6S/c1-5-26-13(24)10-9(16(17,18)19)8-11(28-10)20-14(25)21(12(8)23)6-7(22)27-15(2,3)4/h5-6H2,1-4H3,(H,20,25). The summed E-state index contributed by atoms with van der Waals surface area (Å²) in [5.41, 5.74) is -4.89. The Hall–Kier alpha value is -2.63. The van der Waals surface area contributed by atoms with Crippen LogP contribution in [0.3, 0.4) is 0 Å². The molecule has 1 N–H and O–H groups in total. The van der Waals surface area contributed by atoms with Crippen LogP contribution in [0.4, 0.5) is 13.2 Å². The van der Waals surface area contributed by atoms with Crippen LogP contribution in [0, 0.1) is 0 Å². The molecule has 0 saturated heterocycles. The third-order valence-corrected chi connectivity index (χ3v) is 4.37. The summed E-state index contributed by atoms with van der Waals surface area (Å²) >= 11 is 0.285. The van der Waals surface area contributed by atoms with Gasteiger partial charge in [-0.1, -0.05) is 0 Å². The van der Waals surface area contributed by atoms with Crippen molar-refractivity contribution in [3.8, 4) is 0 Å². The van der Waals surface area contributed by atoms with Gasteiger partial charge in [0.25, 0.3) is 5.56 Å². The molecule has 8 nitrogen and oxygen atoms in total. The minimum atomic E-state index is -5.07. The Balaban J connectivity index is 2.72. The fourth-order valence-corrected chi connectivity index (χ4v) is 3.47. The van der Waals surface area contributed by atoms with Gasteiger partial charge < -0.3 is 9.47 Å². The zero-order chi connectivity index (χ0) is 21.4. The van der Waals surface area contributed by atoms with E-state index in [1.54, 1.807) is 20.8 Å². The number of nitrogens with zero attached hydrogens (tertiary/aromatic N) is 1. The maximum absolute atomic E-state index is 13.6. The largest absolute Gasteiger partial charge is 0.462 e. The first-order valence-electron chi connectivity index (χ1n) is 8.02. The summed E-state index contributed by atoms with van der Waals surface area (Å²) in [6, 6.07) is 0. The number of rotatable bonds is 4. The van der Waals surface area contributed by atoms with Crippen LogP contribution >= 0.6 is 11.3 Å². The molecule has 12 heteroatoms. The number of aromatic nitrogens is 2. The number of aromatic amines is 1. The maximum atomic E-state index is 13.6. The van der Waals surface area contributed by atoms with Crippen LogP contribution in [0.15, 0.2) is 9.59 Å². The average molecular weight is 422 g/mol. The van der Waals surface area contributed by atoms with Gasteiger partial charge in [0.1, 0.15) is 21.9 Å². The topological polar surface area (TPSA) is 107 Å². The summed E-state index contributed by atoms with van der Waals surface area (Å²) in [7, 11) is 0. The van der Waals surface area contributed by atoms with E-state index < -0.39 is 62.2 Å². The molecule has 0 aliphatic carbocycles. The molecule has 28 heavy (non-hydrogen) atoms. The monoisotopic (exact) mass is 422 g/mol. The summed E-state index contributed by atoms with van der Waals surface area (Å²) < 4.78 is 50.6. The second-order valence-electron chi connectivity index (χ2n) is 6.64. The molecule has 154 valence electrons. The normalized spacial score (nSPS) is 12.2. The van der Waals surface area contributed by atoms with Gasteiger partial charge in [-0.2, -0.15) is 13.2 Å². The maximum Gasteiger partial charge on any atom is 0.418 e. The molecule has 0 atom stereocenters. The number of fused-ring (bicyclic) bond motifs is 1.